The summed E-state index contributed by atoms with van der Waals surface area (Å²) in [6.45, 7) is 10.1. The second-order valence-electron chi connectivity index (χ2n) is 6.90. The standard InChI is InChI=1S/C15H24N2O3S/c1-10(18)13-9-12(17(19)20)14(21-13)16-7-5-11(6-8-16)15(2,3)4/h9-11,18H,5-8H2,1-4H3/t10-/m1/s1. The summed E-state index contributed by atoms with van der Waals surface area (Å²) in [5.41, 5.74) is 0.420. The highest BCUT2D eigenvalue weighted by Gasteiger charge is 2.32. The first-order chi connectivity index (χ1) is 9.70. The molecule has 5 nitrogen and oxygen atoms in total. The van der Waals surface area contributed by atoms with Crippen molar-refractivity contribution in [2.24, 2.45) is 11.3 Å². The minimum Gasteiger partial charge on any atom is -0.388 e. The van der Waals surface area contributed by atoms with Crippen LogP contribution in [0.15, 0.2) is 6.07 Å². The van der Waals surface area contributed by atoms with Gasteiger partial charge in [-0.1, -0.05) is 20.8 Å². The molecule has 0 aromatic carbocycles. The normalized spacial score (nSPS) is 18.8. The van der Waals surface area contributed by atoms with E-state index in [1.54, 1.807) is 6.92 Å². The molecule has 118 valence electrons. The Morgan fingerprint density at radius 3 is 2.43 bits per heavy atom. The van der Waals surface area contributed by atoms with Gasteiger partial charge in [-0.3, -0.25) is 10.1 Å². The lowest BCUT2D eigenvalue weighted by molar-refractivity contribution is -0.383. The van der Waals surface area contributed by atoms with Crippen molar-refractivity contribution >= 4 is 22.0 Å². The third-order valence-electron chi connectivity index (χ3n) is 4.33. The topological polar surface area (TPSA) is 66.6 Å². The Kier molecular flexibility index (Phi) is 4.58. The van der Waals surface area contributed by atoms with E-state index in [-0.39, 0.29) is 16.0 Å². The van der Waals surface area contributed by atoms with Gasteiger partial charge < -0.3 is 10.0 Å². The first kappa shape index (κ1) is 16.2. The van der Waals surface area contributed by atoms with Crippen molar-refractivity contribution in [1.29, 1.82) is 0 Å². The minimum atomic E-state index is -0.658. The van der Waals surface area contributed by atoms with Gasteiger partial charge in [0.05, 0.1) is 11.0 Å². The van der Waals surface area contributed by atoms with Gasteiger partial charge in [-0.25, -0.2) is 0 Å². The van der Waals surface area contributed by atoms with Crippen LogP contribution in [-0.4, -0.2) is 23.1 Å². The van der Waals surface area contributed by atoms with Crippen LogP contribution in [0, 0.1) is 21.4 Å². The molecule has 1 atom stereocenters. The predicted octanol–water partition coefficient (Wildman–Crippen LogP) is 3.97. The number of nitro groups is 1. The smallest absolute Gasteiger partial charge is 0.304 e. The van der Waals surface area contributed by atoms with Crippen molar-refractivity contribution in [2.75, 3.05) is 18.0 Å². The largest absolute Gasteiger partial charge is 0.388 e. The van der Waals surface area contributed by atoms with E-state index in [0.717, 1.165) is 25.9 Å². The van der Waals surface area contributed by atoms with E-state index in [0.29, 0.717) is 15.8 Å². The number of aliphatic hydroxyl groups is 1. The Morgan fingerprint density at radius 2 is 2.00 bits per heavy atom. The van der Waals surface area contributed by atoms with Crippen LogP contribution < -0.4 is 4.90 Å². The molecule has 1 aliphatic rings. The molecule has 0 radical (unpaired) electrons. The molecule has 0 spiro atoms. The third kappa shape index (κ3) is 3.55. The first-order valence-corrected chi connectivity index (χ1v) is 8.23. The lowest BCUT2D eigenvalue weighted by atomic mass is 9.75. The molecule has 2 rings (SSSR count). The first-order valence-electron chi connectivity index (χ1n) is 7.41. The molecule has 0 bridgehead atoms. The van der Waals surface area contributed by atoms with Crippen LogP contribution in [-0.2, 0) is 0 Å². The summed E-state index contributed by atoms with van der Waals surface area (Å²) in [5.74, 6) is 0.656. The molecule has 1 aromatic heterocycles. The van der Waals surface area contributed by atoms with Crippen molar-refractivity contribution in [1.82, 2.24) is 0 Å². The number of hydrogen-bond acceptors (Lipinski definition) is 5. The molecule has 2 heterocycles. The maximum atomic E-state index is 11.2. The van der Waals surface area contributed by atoms with Crippen LogP contribution in [0.3, 0.4) is 0 Å². The Bertz CT molecular complexity index is 511. The molecule has 0 saturated carbocycles. The van der Waals surface area contributed by atoms with Gasteiger partial charge >= 0.3 is 5.69 Å². The molecule has 1 saturated heterocycles. The van der Waals surface area contributed by atoms with E-state index in [1.165, 1.54) is 17.4 Å². The van der Waals surface area contributed by atoms with Crippen LogP contribution in [0.4, 0.5) is 10.7 Å². The number of aliphatic hydroxyl groups excluding tert-OH is 1. The summed E-state index contributed by atoms with van der Waals surface area (Å²) < 4.78 is 0. The summed E-state index contributed by atoms with van der Waals surface area (Å²) in [6.07, 6.45) is 1.46. The van der Waals surface area contributed by atoms with Crippen LogP contribution >= 0.6 is 11.3 Å². The molecule has 1 aromatic rings. The van der Waals surface area contributed by atoms with Gasteiger partial charge in [-0.15, -0.1) is 11.3 Å². The van der Waals surface area contributed by atoms with Gasteiger partial charge in [0.15, 0.2) is 5.00 Å². The monoisotopic (exact) mass is 312 g/mol. The zero-order valence-corrected chi connectivity index (χ0v) is 13.9. The van der Waals surface area contributed by atoms with Crippen molar-refractivity contribution in [3.05, 3.63) is 21.1 Å². The molecule has 1 fully saturated rings. The highest BCUT2D eigenvalue weighted by Crippen LogP contribution is 2.43. The van der Waals surface area contributed by atoms with E-state index < -0.39 is 6.10 Å². The van der Waals surface area contributed by atoms with Crippen molar-refractivity contribution in [3.63, 3.8) is 0 Å². The number of hydrogen-bond donors (Lipinski definition) is 1. The summed E-state index contributed by atoms with van der Waals surface area (Å²) in [5, 5.41) is 21.6. The molecule has 21 heavy (non-hydrogen) atoms. The molecular formula is C15H24N2O3S. The molecule has 6 heteroatoms. The van der Waals surface area contributed by atoms with Crippen LogP contribution in [0.25, 0.3) is 0 Å². The molecule has 0 amide bonds. The predicted molar refractivity (Wildman–Crippen MR) is 86.0 cm³/mol. The van der Waals surface area contributed by atoms with Gasteiger partial charge in [0, 0.05) is 24.0 Å². The van der Waals surface area contributed by atoms with Crippen molar-refractivity contribution in [2.45, 2.75) is 46.6 Å². The zero-order chi connectivity index (χ0) is 15.8. The summed E-state index contributed by atoms with van der Waals surface area (Å²) in [7, 11) is 0. The number of rotatable bonds is 3. The van der Waals surface area contributed by atoms with E-state index >= 15 is 0 Å². The highest BCUT2D eigenvalue weighted by atomic mass is 32.1. The van der Waals surface area contributed by atoms with Crippen LogP contribution in [0.2, 0.25) is 0 Å². The van der Waals surface area contributed by atoms with Gasteiger partial charge in [0.2, 0.25) is 0 Å². The van der Waals surface area contributed by atoms with E-state index in [2.05, 4.69) is 25.7 Å². The van der Waals surface area contributed by atoms with Crippen LogP contribution in [0.1, 0.15) is 51.5 Å². The Morgan fingerprint density at radius 1 is 1.43 bits per heavy atom. The van der Waals surface area contributed by atoms with Crippen LogP contribution in [0.5, 0.6) is 0 Å². The molecule has 0 unspecified atom stereocenters. The molecule has 0 aliphatic carbocycles. The van der Waals surface area contributed by atoms with Gasteiger partial charge in [-0.05, 0) is 31.1 Å². The zero-order valence-electron chi connectivity index (χ0n) is 13.1. The second-order valence-corrected chi connectivity index (χ2v) is 7.96. The summed E-state index contributed by atoms with van der Waals surface area (Å²) >= 11 is 1.35. The second kappa shape index (κ2) is 5.93. The third-order valence-corrected chi connectivity index (χ3v) is 5.68. The van der Waals surface area contributed by atoms with E-state index in [9.17, 15) is 15.2 Å². The molecule has 1 N–H and O–H groups in total. The van der Waals surface area contributed by atoms with Crippen molar-refractivity contribution < 1.29 is 10.0 Å². The van der Waals surface area contributed by atoms with E-state index in [4.69, 9.17) is 0 Å². The SMILES string of the molecule is C[C@@H](O)c1cc([N+](=O)[O-])c(N2CCC(C(C)(C)C)CC2)s1. The molecular weight excluding hydrogens is 288 g/mol. The Labute approximate surface area is 129 Å². The minimum absolute atomic E-state index is 0.130. The maximum absolute atomic E-state index is 11.2. The number of thiophene rings is 1. The Balaban J connectivity index is 2.18. The number of piperidine rings is 1. The fraction of sp³-hybridized carbons (Fsp3) is 0.733. The van der Waals surface area contributed by atoms with Gasteiger partial charge in [0.1, 0.15) is 0 Å². The van der Waals surface area contributed by atoms with Gasteiger partial charge in [0.25, 0.3) is 0 Å². The average Bonchev–Trinajstić information content (AvgIpc) is 2.83. The average molecular weight is 312 g/mol. The fourth-order valence-corrected chi connectivity index (χ4v) is 4.02. The highest BCUT2D eigenvalue weighted by molar-refractivity contribution is 7.16. The van der Waals surface area contributed by atoms with E-state index in [1.807, 2.05) is 0 Å². The lowest BCUT2D eigenvalue weighted by Crippen LogP contribution is -2.37. The van der Waals surface area contributed by atoms with Crippen molar-refractivity contribution in [3.8, 4) is 0 Å². The summed E-state index contributed by atoms with van der Waals surface area (Å²) in [6, 6.07) is 1.51. The quantitative estimate of drug-likeness (QED) is 0.677. The number of nitrogens with zero attached hydrogens (tertiary/aromatic N) is 2. The fourth-order valence-electron chi connectivity index (χ4n) is 2.90. The Hall–Kier alpha value is -1.14. The molecule has 1 aliphatic heterocycles. The summed E-state index contributed by atoms with van der Waals surface area (Å²) in [4.78, 5) is 13.7. The number of anilines is 1. The maximum Gasteiger partial charge on any atom is 0.304 e. The van der Waals surface area contributed by atoms with Gasteiger partial charge in [-0.2, -0.15) is 0 Å². The lowest BCUT2D eigenvalue weighted by Gasteiger charge is -2.38.